The van der Waals surface area contributed by atoms with Crippen LogP contribution in [-0.2, 0) is 6.42 Å². The molecule has 0 bridgehead atoms. The van der Waals surface area contributed by atoms with Gasteiger partial charge in [-0.15, -0.1) is 0 Å². The van der Waals surface area contributed by atoms with Crippen LogP contribution in [0.1, 0.15) is 11.1 Å². The summed E-state index contributed by atoms with van der Waals surface area (Å²) in [5, 5.41) is 10.7. The van der Waals surface area contributed by atoms with Crippen LogP contribution in [-0.4, -0.2) is 4.92 Å². The summed E-state index contributed by atoms with van der Waals surface area (Å²) in [6, 6.07) is 14.3. The number of benzene rings is 2. The Hall–Kier alpha value is -2.36. The third-order valence-corrected chi connectivity index (χ3v) is 2.57. The summed E-state index contributed by atoms with van der Waals surface area (Å²) in [4.78, 5) is 10.3. The van der Waals surface area contributed by atoms with Crippen LogP contribution >= 0.6 is 0 Å². The fourth-order valence-electron chi connectivity index (χ4n) is 1.67. The van der Waals surface area contributed by atoms with E-state index in [2.05, 4.69) is 0 Å². The summed E-state index contributed by atoms with van der Waals surface area (Å²) >= 11 is 0. The SMILES string of the molecule is Nc1ccc([N+](=O)[O-])cc1Cc1ccccc1. The molecule has 2 rings (SSSR count). The molecular weight excluding hydrogens is 216 g/mol. The molecule has 0 aliphatic carbocycles. The van der Waals surface area contributed by atoms with Gasteiger partial charge in [0.05, 0.1) is 4.92 Å². The van der Waals surface area contributed by atoms with Crippen LogP contribution < -0.4 is 5.73 Å². The van der Waals surface area contributed by atoms with Crippen LogP contribution in [0.25, 0.3) is 0 Å². The van der Waals surface area contributed by atoms with Gasteiger partial charge in [0.1, 0.15) is 0 Å². The minimum atomic E-state index is -0.409. The van der Waals surface area contributed by atoms with Crippen molar-refractivity contribution in [2.45, 2.75) is 6.42 Å². The second-order valence-corrected chi connectivity index (χ2v) is 3.80. The quantitative estimate of drug-likeness (QED) is 0.499. The molecule has 0 aromatic heterocycles. The minimum Gasteiger partial charge on any atom is -0.398 e. The van der Waals surface area contributed by atoms with Gasteiger partial charge >= 0.3 is 0 Å². The van der Waals surface area contributed by atoms with Crippen molar-refractivity contribution in [1.82, 2.24) is 0 Å². The first kappa shape index (κ1) is 11.1. The highest BCUT2D eigenvalue weighted by molar-refractivity contribution is 5.54. The van der Waals surface area contributed by atoms with Gasteiger partial charge in [-0.1, -0.05) is 30.3 Å². The predicted molar refractivity (Wildman–Crippen MR) is 66.8 cm³/mol. The summed E-state index contributed by atoms with van der Waals surface area (Å²) in [5.41, 5.74) is 8.34. The van der Waals surface area contributed by atoms with E-state index in [1.54, 1.807) is 6.07 Å². The highest BCUT2D eigenvalue weighted by Crippen LogP contribution is 2.22. The minimum absolute atomic E-state index is 0.0742. The topological polar surface area (TPSA) is 69.2 Å². The Bertz CT molecular complexity index is 538. The molecule has 2 aromatic rings. The molecule has 0 unspecified atom stereocenters. The molecule has 0 aliphatic rings. The number of hydrogen-bond donors (Lipinski definition) is 1. The van der Waals surface area contributed by atoms with Crippen LogP contribution in [0.2, 0.25) is 0 Å². The van der Waals surface area contributed by atoms with Crippen molar-refractivity contribution >= 4 is 11.4 Å². The van der Waals surface area contributed by atoms with Gasteiger partial charge in [-0.25, -0.2) is 0 Å². The summed E-state index contributed by atoms with van der Waals surface area (Å²) in [7, 11) is 0. The van der Waals surface area contributed by atoms with Crippen molar-refractivity contribution in [2.75, 3.05) is 5.73 Å². The number of anilines is 1. The van der Waals surface area contributed by atoms with E-state index in [1.807, 2.05) is 30.3 Å². The Balaban J connectivity index is 2.32. The predicted octanol–water partition coefficient (Wildman–Crippen LogP) is 2.77. The molecule has 0 heterocycles. The Kier molecular flexibility index (Phi) is 3.05. The van der Waals surface area contributed by atoms with Crippen LogP contribution in [0.4, 0.5) is 11.4 Å². The molecule has 0 amide bonds. The number of nitro benzene ring substituents is 1. The second kappa shape index (κ2) is 4.65. The zero-order chi connectivity index (χ0) is 12.3. The molecule has 0 radical (unpaired) electrons. The maximum absolute atomic E-state index is 10.7. The van der Waals surface area contributed by atoms with Gasteiger partial charge in [0.15, 0.2) is 0 Å². The molecule has 4 nitrogen and oxygen atoms in total. The van der Waals surface area contributed by atoms with E-state index in [4.69, 9.17) is 5.73 Å². The summed E-state index contributed by atoms with van der Waals surface area (Å²) in [6.45, 7) is 0. The van der Waals surface area contributed by atoms with E-state index >= 15 is 0 Å². The summed E-state index contributed by atoms with van der Waals surface area (Å²) in [5.74, 6) is 0. The molecule has 0 aliphatic heterocycles. The summed E-state index contributed by atoms with van der Waals surface area (Å²) < 4.78 is 0. The highest BCUT2D eigenvalue weighted by Gasteiger charge is 2.09. The van der Waals surface area contributed by atoms with Gasteiger partial charge in [0, 0.05) is 17.8 Å². The first-order valence-corrected chi connectivity index (χ1v) is 5.23. The largest absolute Gasteiger partial charge is 0.398 e. The normalized spacial score (nSPS) is 10.1. The van der Waals surface area contributed by atoms with Gasteiger partial charge in [-0.3, -0.25) is 10.1 Å². The number of nitrogens with zero attached hydrogens (tertiary/aromatic N) is 1. The van der Waals surface area contributed by atoms with Crippen molar-refractivity contribution < 1.29 is 4.92 Å². The van der Waals surface area contributed by atoms with E-state index in [-0.39, 0.29) is 5.69 Å². The Morgan fingerprint density at radius 1 is 1.12 bits per heavy atom. The van der Waals surface area contributed by atoms with Gasteiger partial charge in [-0.05, 0) is 23.6 Å². The first-order valence-electron chi connectivity index (χ1n) is 5.23. The van der Waals surface area contributed by atoms with Crippen molar-refractivity contribution in [1.29, 1.82) is 0 Å². The van der Waals surface area contributed by atoms with Crippen LogP contribution in [0.15, 0.2) is 48.5 Å². The van der Waals surface area contributed by atoms with Crippen LogP contribution in [0, 0.1) is 10.1 Å². The lowest BCUT2D eigenvalue weighted by Gasteiger charge is -2.05. The molecule has 0 saturated heterocycles. The number of hydrogen-bond acceptors (Lipinski definition) is 3. The molecule has 4 heteroatoms. The lowest BCUT2D eigenvalue weighted by atomic mass is 10.0. The van der Waals surface area contributed by atoms with Gasteiger partial charge in [0.2, 0.25) is 0 Å². The molecular formula is C13H12N2O2. The number of nitrogen functional groups attached to an aromatic ring is 1. The van der Waals surface area contributed by atoms with Crippen LogP contribution in [0.5, 0.6) is 0 Å². The van der Waals surface area contributed by atoms with E-state index < -0.39 is 4.92 Å². The van der Waals surface area contributed by atoms with Gasteiger partial charge < -0.3 is 5.73 Å². The molecule has 2 N–H and O–H groups in total. The first-order chi connectivity index (χ1) is 8.16. The van der Waals surface area contributed by atoms with Gasteiger partial charge in [0.25, 0.3) is 5.69 Å². The molecule has 0 saturated carbocycles. The zero-order valence-electron chi connectivity index (χ0n) is 9.17. The number of rotatable bonds is 3. The number of nitrogens with two attached hydrogens (primary N) is 1. The number of nitro groups is 1. The van der Waals surface area contributed by atoms with E-state index in [1.165, 1.54) is 12.1 Å². The van der Waals surface area contributed by atoms with Crippen LogP contribution in [0.3, 0.4) is 0 Å². The average Bonchev–Trinajstić information content (AvgIpc) is 2.33. The highest BCUT2D eigenvalue weighted by atomic mass is 16.6. The van der Waals surface area contributed by atoms with Crippen molar-refractivity contribution in [3.8, 4) is 0 Å². The standard InChI is InChI=1S/C13H12N2O2/c14-13-7-6-12(15(16)17)9-11(13)8-10-4-2-1-3-5-10/h1-7,9H,8,14H2. The fraction of sp³-hybridized carbons (Fsp3) is 0.0769. The second-order valence-electron chi connectivity index (χ2n) is 3.80. The fourth-order valence-corrected chi connectivity index (χ4v) is 1.67. The van der Waals surface area contributed by atoms with E-state index in [0.29, 0.717) is 12.1 Å². The molecule has 0 atom stereocenters. The molecule has 17 heavy (non-hydrogen) atoms. The zero-order valence-corrected chi connectivity index (χ0v) is 9.17. The maximum atomic E-state index is 10.7. The Morgan fingerprint density at radius 2 is 1.82 bits per heavy atom. The monoisotopic (exact) mass is 228 g/mol. The molecule has 0 spiro atoms. The third kappa shape index (κ3) is 2.60. The lowest BCUT2D eigenvalue weighted by Crippen LogP contribution is -1.98. The lowest BCUT2D eigenvalue weighted by molar-refractivity contribution is -0.384. The molecule has 86 valence electrons. The molecule has 2 aromatic carbocycles. The molecule has 0 fully saturated rings. The van der Waals surface area contributed by atoms with E-state index in [0.717, 1.165) is 11.1 Å². The Labute approximate surface area is 98.8 Å². The summed E-state index contributed by atoms with van der Waals surface area (Å²) in [6.07, 6.45) is 0.606. The number of non-ortho nitro benzene ring substituents is 1. The van der Waals surface area contributed by atoms with Crippen molar-refractivity contribution in [3.63, 3.8) is 0 Å². The average molecular weight is 228 g/mol. The van der Waals surface area contributed by atoms with Crippen molar-refractivity contribution in [3.05, 3.63) is 69.8 Å². The smallest absolute Gasteiger partial charge is 0.269 e. The third-order valence-electron chi connectivity index (χ3n) is 2.57. The van der Waals surface area contributed by atoms with Gasteiger partial charge in [-0.2, -0.15) is 0 Å². The maximum Gasteiger partial charge on any atom is 0.269 e. The van der Waals surface area contributed by atoms with E-state index in [9.17, 15) is 10.1 Å². The van der Waals surface area contributed by atoms with Crippen molar-refractivity contribution in [2.24, 2.45) is 0 Å². The Morgan fingerprint density at radius 3 is 2.47 bits per heavy atom.